The minimum atomic E-state index is -1.13. The molecule has 0 aromatic rings. The molecular weight excluding hydrogens is 775 g/mol. The zero-order valence-electron chi connectivity index (χ0n) is 41.3. The van der Waals surface area contributed by atoms with Crippen LogP contribution in [0.5, 0.6) is 0 Å². The van der Waals surface area contributed by atoms with Crippen molar-refractivity contribution in [2.75, 3.05) is 41.0 Å². The highest BCUT2D eigenvalue weighted by atomic mass is 16.6. The molecule has 2 unspecified atom stereocenters. The van der Waals surface area contributed by atoms with E-state index in [9.17, 15) is 19.5 Å². The number of likely N-dealkylation sites (N-methyl/N-ethyl adjacent to an activating group) is 1. The lowest BCUT2D eigenvalue weighted by molar-refractivity contribution is -0.889. The Bertz CT molecular complexity index is 1110. The van der Waals surface area contributed by atoms with E-state index in [4.69, 9.17) is 14.2 Å². The molecule has 8 heteroatoms. The fourth-order valence-electron chi connectivity index (χ4n) is 7.69. The van der Waals surface area contributed by atoms with Gasteiger partial charge in [-0.2, -0.15) is 0 Å². The molecule has 0 spiro atoms. The SMILES string of the molecule is CCCCC/C=C/C/C=C/CCCCCCCCCC(=O)OC(COCCC(C(=O)[O-])[N+](C)(C)C)COC(=O)CCCCCCCCC/C=C/CCCCCCCCCCCC. The third-order valence-electron chi connectivity index (χ3n) is 11.7. The van der Waals surface area contributed by atoms with Crippen LogP contribution < -0.4 is 5.11 Å². The lowest BCUT2D eigenvalue weighted by Crippen LogP contribution is -2.55. The smallest absolute Gasteiger partial charge is 0.306 e. The molecule has 0 amide bonds. The van der Waals surface area contributed by atoms with E-state index in [2.05, 4.69) is 50.3 Å². The fourth-order valence-corrected chi connectivity index (χ4v) is 7.69. The first-order chi connectivity index (χ1) is 30.1. The van der Waals surface area contributed by atoms with Crippen LogP contribution in [0.2, 0.25) is 0 Å². The van der Waals surface area contributed by atoms with Crippen molar-refractivity contribution in [1.29, 1.82) is 0 Å². The van der Waals surface area contributed by atoms with E-state index in [0.29, 0.717) is 12.8 Å². The van der Waals surface area contributed by atoms with E-state index in [1.807, 2.05) is 0 Å². The maximum Gasteiger partial charge on any atom is 0.306 e. The normalized spacial score (nSPS) is 13.1. The van der Waals surface area contributed by atoms with Crippen LogP contribution in [0.1, 0.15) is 239 Å². The van der Waals surface area contributed by atoms with Gasteiger partial charge in [0.1, 0.15) is 12.6 Å². The van der Waals surface area contributed by atoms with E-state index < -0.39 is 18.1 Å². The predicted molar refractivity (Wildman–Crippen MR) is 259 cm³/mol. The summed E-state index contributed by atoms with van der Waals surface area (Å²) in [5, 5.41) is 11.7. The van der Waals surface area contributed by atoms with Gasteiger partial charge >= 0.3 is 11.9 Å². The Morgan fingerprint density at radius 2 is 0.855 bits per heavy atom. The lowest BCUT2D eigenvalue weighted by atomic mass is 10.1. The molecule has 0 radical (unpaired) electrons. The molecule has 0 aliphatic carbocycles. The number of carbonyl (C=O) groups excluding carboxylic acids is 3. The van der Waals surface area contributed by atoms with Gasteiger partial charge in [0.25, 0.3) is 0 Å². The summed E-state index contributed by atoms with van der Waals surface area (Å²) in [6.45, 7) is 4.65. The maximum absolute atomic E-state index is 12.8. The average Bonchev–Trinajstić information content (AvgIpc) is 3.23. The first-order valence-corrected chi connectivity index (χ1v) is 26.0. The highest BCUT2D eigenvalue weighted by Gasteiger charge is 2.25. The average molecular weight is 874 g/mol. The second-order valence-electron chi connectivity index (χ2n) is 18.8. The number of allylic oxidation sites excluding steroid dienone is 6. The summed E-state index contributed by atoms with van der Waals surface area (Å²) in [6, 6.07) is -0.728. The third-order valence-corrected chi connectivity index (χ3v) is 11.7. The molecule has 0 rings (SSSR count). The third kappa shape index (κ3) is 42.8. The van der Waals surface area contributed by atoms with Crippen LogP contribution in [-0.2, 0) is 28.6 Å². The van der Waals surface area contributed by atoms with Crippen molar-refractivity contribution < 1.29 is 38.2 Å². The second kappa shape index (κ2) is 45.1. The molecule has 0 aromatic carbocycles. The van der Waals surface area contributed by atoms with Gasteiger partial charge in [0.15, 0.2) is 6.10 Å². The molecular formula is C54H99NO7. The van der Waals surface area contributed by atoms with Gasteiger partial charge in [-0.25, -0.2) is 0 Å². The number of rotatable bonds is 47. The van der Waals surface area contributed by atoms with E-state index in [-0.39, 0.29) is 42.7 Å². The molecule has 8 nitrogen and oxygen atoms in total. The number of aliphatic carboxylic acids is 1. The summed E-state index contributed by atoms with van der Waals surface area (Å²) in [5.41, 5.74) is 0. The standard InChI is InChI=1S/C54H99NO7/c1-6-8-10-12-14-16-18-20-22-24-25-26-27-29-30-32-34-36-38-40-42-44-52(56)61-49-50(48-60-47-46-51(54(58)59)55(3,4)5)62-53(57)45-43-41-39-37-35-33-31-28-23-21-19-17-15-13-11-9-7-2/h15,17,21,23,26-27,50-51H,6-14,16,18-20,22,24-25,28-49H2,1-5H3/b17-15+,23-21+,27-26+. The number of hydrogen-bond donors (Lipinski definition) is 0. The maximum atomic E-state index is 12.8. The Hall–Kier alpha value is -2.45. The number of ether oxygens (including phenoxy) is 3. The van der Waals surface area contributed by atoms with Crippen LogP contribution in [0.25, 0.3) is 0 Å². The van der Waals surface area contributed by atoms with E-state index in [0.717, 1.165) is 51.4 Å². The Kier molecular flexibility index (Phi) is 43.3. The molecule has 0 saturated carbocycles. The Morgan fingerprint density at radius 3 is 1.29 bits per heavy atom. The van der Waals surface area contributed by atoms with Crippen LogP contribution >= 0.6 is 0 Å². The van der Waals surface area contributed by atoms with Crippen LogP contribution in [0.15, 0.2) is 36.5 Å². The van der Waals surface area contributed by atoms with Gasteiger partial charge in [0, 0.05) is 19.3 Å². The van der Waals surface area contributed by atoms with Crippen molar-refractivity contribution in [3.63, 3.8) is 0 Å². The van der Waals surface area contributed by atoms with Crippen molar-refractivity contribution in [2.24, 2.45) is 0 Å². The Labute approximate surface area is 383 Å². The lowest BCUT2D eigenvalue weighted by Gasteiger charge is -2.34. The van der Waals surface area contributed by atoms with Crippen LogP contribution in [-0.4, -0.2) is 75.5 Å². The van der Waals surface area contributed by atoms with Gasteiger partial charge < -0.3 is 28.6 Å². The largest absolute Gasteiger partial charge is 0.544 e. The number of hydrogen-bond acceptors (Lipinski definition) is 7. The van der Waals surface area contributed by atoms with Gasteiger partial charge in [-0.05, 0) is 70.6 Å². The van der Waals surface area contributed by atoms with E-state index in [1.165, 1.54) is 154 Å². The van der Waals surface area contributed by atoms with E-state index in [1.54, 1.807) is 21.1 Å². The number of carboxylic acids is 1. The summed E-state index contributed by atoms with van der Waals surface area (Å²) in [5.74, 6) is -1.74. The highest BCUT2D eigenvalue weighted by Crippen LogP contribution is 2.15. The monoisotopic (exact) mass is 874 g/mol. The molecule has 0 aliphatic rings. The second-order valence-corrected chi connectivity index (χ2v) is 18.8. The van der Waals surface area contributed by atoms with Gasteiger partial charge in [-0.3, -0.25) is 9.59 Å². The Morgan fingerprint density at radius 1 is 0.484 bits per heavy atom. The first kappa shape index (κ1) is 59.5. The molecule has 0 aromatic heterocycles. The van der Waals surface area contributed by atoms with Crippen molar-refractivity contribution >= 4 is 17.9 Å². The van der Waals surface area contributed by atoms with Crippen molar-refractivity contribution in [2.45, 2.75) is 251 Å². The zero-order chi connectivity index (χ0) is 45.6. The van der Waals surface area contributed by atoms with Crippen molar-refractivity contribution in [3.8, 4) is 0 Å². The number of esters is 2. The number of carboxylic acid groups (broad SMARTS) is 1. The van der Waals surface area contributed by atoms with Gasteiger partial charge in [-0.1, -0.05) is 185 Å². The number of quaternary nitrogens is 1. The van der Waals surface area contributed by atoms with Crippen molar-refractivity contribution in [3.05, 3.63) is 36.5 Å². The molecule has 0 aliphatic heterocycles. The zero-order valence-corrected chi connectivity index (χ0v) is 41.3. The number of nitrogens with zero attached hydrogens (tertiary/aromatic N) is 1. The topological polar surface area (TPSA) is 102 Å². The van der Waals surface area contributed by atoms with Gasteiger partial charge in [0.05, 0.1) is 40.3 Å². The van der Waals surface area contributed by atoms with Crippen LogP contribution in [0.4, 0.5) is 0 Å². The summed E-state index contributed by atoms with van der Waals surface area (Å²) in [4.78, 5) is 37.0. The molecule has 362 valence electrons. The van der Waals surface area contributed by atoms with Crippen LogP contribution in [0.3, 0.4) is 0 Å². The van der Waals surface area contributed by atoms with Gasteiger partial charge in [0.2, 0.25) is 0 Å². The highest BCUT2D eigenvalue weighted by molar-refractivity contribution is 5.70. The summed E-state index contributed by atoms with van der Waals surface area (Å²) >= 11 is 0. The predicted octanol–water partition coefficient (Wildman–Crippen LogP) is 13.6. The molecule has 0 N–H and O–H groups in total. The molecule has 62 heavy (non-hydrogen) atoms. The summed E-state index contributed by atoms with van der Waals surface area (Å²) in [7, 11) is 5.42. The number of unbranched alkanes of at least 4 members (excludes halogenated alkanes) is 27. The minimum Gasteiger partial charge on any atom is -0.544 e. The molecule has 0 fully saturated rings. The molecule has 2 atom stereocenters. The number of carbonyl (C=O) groups is 3. The quantitative estimate of drug-likeness (QED) is 0.0260. The van der Waals surface area contributed by atoms with E-state index >= 15 is 0 Å². The van der Waals surface area contributed by atoms with Crippen LogP contribution in [0, 0.1) is 0 Å². The molecule has 0 heterocycles. The molecule has 0 saturated heterocycles. The summed E-state index contributed by atoms with van der Waals surface area (Å²) < 4.78 is 17.2. The minimum absolute atomic E-state index is 0.0377. The fraction of sp³-hybridized carbons (Fsp3) is 0.833. The summed E-state index contributed by atoms with van der Waals surface area (Å²) in [6.07, 6.45) is 53.1. The van der Waals surface area contributed by atoms with Crippen molar-refractivity contribution in [1.82, 2.24) is 0 Å². The Balaban J connectivity index is 4.23. The van der Waals surface area contributed by atoms with Gasteiger partial charge in [-0.15, -0.1) is 0 Å². The molecule has 0 bridgehead atoms. The first-order valence-electron chi connectivity index (χ1n) is 26.0.